The summed E-state index contributed by atoms with van der Waals surface area (Å²) in [6.07, 6.45) is -2.57. The number of aromatic nitrogens is 2. The molecule has 25 heavy (non-hydrogen) atoms. The maximum Gasteiger partial charge on any atom is 0.417 e. The largest absolute Gasteiger partial charge is 0.417 e. The number of aryl methyl sites for hydroxylation is 1. The van der Waals surface area contributed by atoms with Crippen LogP contribution in [0.3, 0.4) is 0 Å². The zero-order valence-electron chi connectivity index (χ0n) is 13.1. The molecule has 0 saturated heterocycles. The summed E-state index contributed by atoms with van der Waals surface area (Å²) in [4.78, 5) is 20.6. The van der Waals surface area contributed by atoms with Crippen molar-refractivity contribution in [2.45, 2.75) is 32.0 Å². The summed E-state index contributed by atoms with van der Waals surface area (Å²) in [5.41, 5.74) is -0.383. The Morgan fingerprint density at radius 1 is 1.24 bits per heavy atom. The highest BCUT2D eigenvalue weighted by Crippen LogP contribution is 2.36. The average Bonchev–Trinajstić information content (AvgIpc) is 3.31. The van der Waals surface area contributed by atoms with Crippen LogP contribution in [0.15, 0.2) is 24.3 Å². The van der Waals surface area contributed by atoms with Crippen molar-refractivity contribution in [1.82, 2.24) is 9.97 Å². The minimum atomic E-state index is -4.61. The summed E-state index contributed by atoms with van der Waals surface area (Å²) in [6.45, 7) is 1.71. The standard InChI is InChI=1S/C16H14ClF3N4O/c1-8-6-13(24-15(21-8)23-9-2-3-9)14(25)22-10-4-5-12(17)11(7-10)16(18,19)20/h4-7,9H,2-3H2,1H3,(H,22,25)(H,21,23,24). The molecule has 0 atom stereocenters. The summed E-state index contributed by atoms with van der Waals surface area (Å²) >= 11 is 5.57. The number of alkyl halides is 3. The molecule has 1 aliphatic carbocycles. The lowest BCUT2D eigenvalue weighted by atomic mass is 10.2. The molecule has 0 unspecified atom stereocenters. The van der Waals surface area contributed by atoms with Gasteiger partial charge in [-0.2, -0.15) is 13.2 Å². The Labute approximate surface area is 146 Å². The summed E-state index contributed by atoms with van der Waals surface area (Å²) < 4.78 is 38.7. The molecule has 1 amide bonds. The first kappa shape index (κ1) is 17.5. The van der Waals surface area contributed by atoms with E-state index in [1.807, 2.05) is 0 Å². The van der Waals surface area contributed by atoms with Gasteiger partial charge in [-0.15, -0.1) is 0 Å². The third-order valence-electron chi connectivity index (χ3n) is 3.53. The number of rotatable bonds is 4. The van der Waals surface area contributed by atoms with Crippen molar-refractivity contribution >= 4 is 29.1 Å². The lowest BCUT2D eigenvalue weighted by Crippen LogP contribution is -2.17. The molecule has 1 aromatic carbocycles. The number of nitrogens with one attached hydrogen (secondary N) is 2. The Kier molecular flexibility index (Phi) is 4.55. The molecular weight excluding hydrogens is 357 g/mol. The third kappa shape index (κ3) is 4.39. The van der Waals surface area contributed by atoms with Crippen molar-refractivity contribution in [2.75, 3.05) is 10.6 Å². The Hall–Kier alpha value is -2.35. The molecule has 2 aromatic rings. The van der Waals surface area contributed by atoms with Crippen molar-refractivity contribution in [3.63, 3.8) is 0 Å². The number of hydrogen-bond acceptors (Lipinski definition) is 4. The molecule has 0 spiro atoms. The summed E-state index contributed by atoms with van der Waals surface area (Å²) in [5.74, 6) is -0.292. The number of amides is 1. The van der Waals surface area contributed by atoms with Crippen LogP contribution in [0.4, 0.5) is 24.8 Å². The molecule has 3 rings (SSSR count). The predicted molar refractivity (Wildman–Crippen MR) is 87.8 cm³/mol. The van der Waals surface area contributed by atoms with E-state index in [0.717, 1.165) is 25.0 Å². The van der Waals surface area contributed by atoms with E-state index in [2.05, 4.69) is 20.6 Å². The fourth-order valence-corrected chi connectivity index (χ4v) is 2.40. The predicted octanol–water partition coefficient (Wildman–Crippen LogP) is 4.28. The molecule has 1 aromatic heterocycles. The van der Waals surface area contributed by atoms with Gasteiger partial charge in [0.2, 0.25) is 5.95 Å². The van der Waals surface area contributed by atoms with Crippen LogP contribution in [-0.4, -0.2) is 21.9 Å². The van der Waals surface area contributed by atoms with Gasteiger partial charge in [0.05, 0.1) is 10.6 Å². The number of benzene rings is 1. The lowest BCUT2D eigenvalue weighted by molar-refractivity contribution is -0.137. The molecule has 5 nitrogen and oxygen atoms in total. The van der Waals surface area contributed by atoms with E-state index < -0.39 is 22.7 Å². The number of halogens is 4. The fraction of sp³-hybridized carbons (Fsp3) is 0.312. The van der Waals surface area contributed by atoms with E-state index in [1.54, 1.807) is 6.92 Å². The first-order valence-electron chi connectivity index (χ1n) is 7.53. The minimum absolute atomic E-state index is 0.0188. The van der Waals surface area contributed by atoms with E-state index >= 15 is 0 Å². The van der Waals surface area contributed by atoms with Gasteiger partial charge in [0.15, 0.2) is 0 Å². The normalized spacial score (nSPS) is 14.3. The number of carbonyl (C=O) groups excluding carboxylic acids is 1. The maximum atomic E-state index is 12.9. The molecule has 1 fully saturated rings. The molecule has 1 saturated carbocycles. The summed E-state index contributed by atoms with van der Waals surface area (Å²) in [7, 11) is 0. The molecule has 2 N–H and O–H groups in total. The molecular formula is C16H14ClF3N4O. The van der Waals surface area contributed by atoms with Crippen LogP contribution in [0.5, 0.6) is 0 Å². The Morgan fingerprint density at radius 3 is 2.60 bits per heavy atom. The molecule has 0 aliphatic heterocycles. The molecule has 0 bridgehead atoms. The smallest absolute Gasteiger partial charge is 0.351 e. The van der Waals surface area contributed by atoms with Gasteiger partial charge in [0.1, 0.15) is 5.69 Å². The van der Waals surface area contributed by atoms with Gasteiger partial charge in [-0.25, -0.2) is 9.97 Å². The van der Waals surface area contributed by atoms with Gasteiger partial charge in [-0.05, 0) is 44.0 Å². The van der Waals surface area contributed by atoms with Crippen molar-refractivity contribution in [3.8, 4) is 0 Å². The molecule has 0 radical (unpaired) electrons. The van der Waals surface area contributed by atoms with E-state index in [0.29, 0.717) is 17.7 Å². The topological polar surface area (TPSA) is 66.9 Å². The minimum Gasteiger partial charge on any atom is -0.351 e. The van der Waals surface area contributed by atoms with Crippen molar-refractivity contribution in [2.24, 2.45) is 0 Å². The Bertz CT molecular complexity index is 822. The van der Waals surface area contributed by atoms with Crippen LogP contribution in [-0.2, 0) is 6.18 Å². The molecule has 1 aliphatic rings. The van der Waals surface area contributed by atoms with E-state index in [1.165, 1.54) is 12.1 Å². The lowest BCUT2D eigenvalue weighted by Gasteiger charge is -2.12. The van der Waals surface area contributed by atoms with Crippen LogP contribution in [0, 0.1) is 6.92 Å². The van der Waals surface area contributed by atoms with Crippen LogP contribution >= 0.6 is 11.6 Å². The zero-order valence-corrected chi connectivity index (χ0v) is 13.9. The first-order chi connectivity index (χ1) is 11.7. The van der Waals surface area contributed by atoms with Gasteiger partial charge in [0.25, 0.3) is 5.91 Å². The van der Waals surface area contributed by atoms with Gasteiger partial charge < -0.3 is 10.6 Å². The van der Waals surface area contributed by atoms with Gasteiger partial charge >= 0.3 is 6.18 Å². The van der Waals surface area contributed by atoms with E-state index in [-0.39, 0.29) is 11.4 Å². The average molecular weight is 371 g/mol. The van der Waals surface area contributed by atoms with Crippen molar-refractivity contribution in [3.05, 3.63) is 46.2 Å². The van der Waals surface area contributed by atoms with Gasteiger partial charge in [0, 0.05) is 17.4 Å². The molecule has 132 valence electrons. The summed E-state index contributed by atoms with van der Waals surface area (Å²) in [5, 5.41) is 5.06. The van der Waals surface area contributed by atoms with Crippen LogP contribution in [0.25, 0.3) is 0 Å². The molecule has 1 heterocycles. The van der Waals surface area contributed by atoms with Crippen LogP contribution < -0.4 is 10.6 Å². The summed E-state index contributed by atoms with van der Waals surface area (Å²) in [6, 6.07) is 4.95. The monoisotopic (exact) mass is 370 g/mol. The number of hydrogen-bond donors (Lipinski definition) is 2. The highest BCUT2D eigenvalue weighted by molar-refractivity contribution is 6.31. The zero-order chi connectivity index (χ0) is 18.2. The highest BCUT2D eigenvalue weighted by Gasteiger charge is 2.33. The second-order valence-electron chi connectivity index (χ2n) is 5.78. The quantitative estimate of drug-likeness (QED) is 0.842. The van der Waals surface area contributed by atoms with E-state index in [4.69, 9.17) is 11.6 Å². The van der Waals surface area contributed by atoms with Gasteiger partial charge in [-0.1, -0.05) is 11.6 Å². The SMILES string of the molecule is Cc1cc(C(=O)Nc2ccc(Cl)c(C(F)(F)F)c2)nc(NC2CC2)n1. The van der Waals surface area contributed by atoms with Crippen molar-refractivity contribution in [1.29, 1.82) is 0 Å². The Morgan fingerprint density at radius 2 is 1.96 bits per heavy atom. The van der Waals surface area contributed by atoms with E-state index in [9.17, 15) is 18.0 Å². The fourth-order valence-electron chi connectivity index (χ4n) is 2.18. The highest BCUT2D eigenvalue weighted by atomic mass is 35.5. The molecule has 9 heteroatoms. The van der Waals surface area contributed by atoms with Crippen molar-refractivity contribution < 1.29 is 18.0 Å². The third-order valence-corrected chi connectivity index (χ3v) is 3.86. The van der Waals surface area contributed by atoms with Crippen LogP contribution in [0.2, 0.25) is 5.02 Å². The Balaban J connectivity index is 1.81. The van der Waals surface area contributed by atoms with Crippen LogP contribution in [0.1, 0.15) is 34.6 Å². The maximum absolute atomic E-state index is 12.9. The number of nitrogens with zero attached hydrogens (tertiary/aromatic N) is 2. The van der Waals surface area contributed by atoms with Gasteiger partial charge in [-0.3, -0.25) is 4.79 Å². The second-order valence-corrected chi connectivity index (χ2v) is 6.19. The number of anilines is 2. The number of carbonyl (C=O) groups is 1. The first-order valence-corrected chi connectivity index (χ1v) is 7.90. The second kappa shape index (κ2) is 6.51.